The third kappa shape index (κ3) is 7.52. The molecule has 170 valence electrons. The highest BCUT2D eigenvalue weighted by atomic mass is 19.4. The van der Waals surface area contributed by atoms with Crippen LogP contribution in [0.4, 0.5) is 13.2 Å². The Morgan fingerprint density at radius 3 is 2.48 bits per heavy atom. The van der Waals surface area contributed by atoms with Gasteiger partial charge in [-0.15, -0.1) is 0 Å². The predicted molar refractivity (Wildman–Crippen MR) is 115 cm³/mol. The van der Waals surface area contributed by atoms with Gasteiger partial charge in [-0.3, -0.25) is 4.90 Å². The number of ether oxygens (including phenoxy) is 1. The van der Waals surface area contributed by atoms with Crippen molar-refractivity contribution in [2.45, 2.75) is 44.5 Å². The molecule has 1 aliphatic heterocycles. The first-order chi connectivity index (χ1) is 14.8. The van der Waals surface area contributed by atoms with E-state index in [0.29, 0.717) is 6.61 Å². The fourth-order valence-corrected chi connectivity index (χ4v) is 3.80. The zero-order chi connectivity index (χ0) is 22.3. The Labute approximate surface area is 182 Å². The number of nitrogens with zero attached hydrogens (tertiary/aromatic N) is 1. The zero-order valence-corrected chi connectivity index (χ0v) is 17.9. The SMILES string of the molecule is CC(Cc1ccc(OCCN2CCCC2)cc1)NCC(O)c1cccc(C(F)(F)F)c1. The summed E-state index contributed by atoms with van der Waals surface area (Å²) in [5.74, 6) is 0.850. The summed E-state index contributed by atoms with van der Waals surface area (Å²) in [4.78, 5) is 2.41. The minimum absolute atomic E-state index is 0.0578. The van der Waals surface area contributed by atoms with E-state index in [0.717, 1.165) is 49.5 Å². The Balaban J connectivity index is 1.41. The Hall–Kier alpha value is -2.09. The molecule has 0 bridgehead atoms. The summed E-state index contributed by atoms with van der Waals surface area (Å²) in [7, 11) is 0. The van der Waals surface area contributed by atoms with Gasteiger partial charge in [0.15, 0.2) is 0 Å². The second-order valence-corrected chi connectivity index (χ2v) is 8.19. The Morgan fingerprint density at radius 2 is 1.81 bits per heavy atom. The fraction of sp³-hybridized carbons (Fsp3) is 0.500. The van der Waals surface area contributed by atoms with Crippen LogP contribution in [0.15, 0.2) is 48.5 Å². The third-order valence-corrected chi connectivity index (χ3v) is 5.60. The standard InChI is InChI=1S/C24H31F3N2O2/c1-18(28-17-23(30)20-5-4-6-21(16-20)24(25,26)27)15-19-7-9-22(10-8-19)31-14-13-29-11-2-3-12-29/h4-10,16,18,23,28,30H,2-3,11-15,17H2,1H3. The van der Waals surface area contributed by atoms with E-state index in [2.05, 4.69) is 10.2 Å². The van der Waals surface area contributed by atoms with Gasteiger partial charge in [0.25, 0.3) is 0 Å². The van der Waals surface area contributed by atoms with E-state index < -0.39 is 17.8 Å². The highest BCUT2D eigenvalue weighted by molar-refractivity contribution is 5.28. The lowest BCUT2D eigenvalue weighted by Gasteiger charge is -2.19. The fourth-order valence-electron chi connectivity index (χ4n) is 3.80. The highest BCUT2D eigenvalue weighted by Gasteiger charge is 2.30. The van der Waals surface area contributed by atoms with Crippen molar-refractivity contribution in [1.29, 1.82) is 0 Å². The number of rotatable bonds is 10. The summed E-state index contributed by atoms with van der Waals surface area (Å²) < 4.78 is 44.4. The van der Waals surface area contributed by atoms with Gasteiger partial charge in [0.2, 0.25) is 0 Å². The molecule has 2 aromatic carbocycles. The number of nitrogens with one attached hydrogen (secondary N) is 1. The van der Waals surface area contributed by atoms with Gasteiger partial charge >= 0.3 is 6.18 Å². The van der Waals surface area contributed by atoms with Crippen molar-refractivity contribution in [2.24, 2.45) is 0 Å². The van der Waals surface area contributed by atoms with Gasteiger partial charge in [-0.2, -0.15) is 13.2 Å². The monoisotopic (exact) mass is 436 g/mol. The molecular formula is C24H31F3N2O2. The van der Waals surface area contributed by atoms with Crippen LogP contribution in [-0.4, -0.2) is 48.8 Å². The largest absolute Gasteiger partial charge is 0.492 e. The maximum atomic E-state index is 12.8. The van der Waals surface area contributed by atoms with Gasteiger partial charge < -0.3 is 15.2 Å². The van der Waals surface area contributed by atoms with E-state index >= 15 is 0 Å². The Kier molecular flexibility index (Phi) is 8.35. The summed E-state index contributed by atoms with van der Waals surface area (Å²) in [6, 6.07) is 12.9. The van der Waals surface area contributed by atoms with E-state index in [9.17, 15) is 18.3 Å². The van der Waals surface area contributed by atoms with Crippen LogP contribution in [0.5, 0.6) is 5.75 Å². The number of likely N-dealkylation sites (tertiary alicyclic amines) is 1. The van der Waals surface area contributed by atoms with Crippen LogP contribution in [-0.2, 0) is 12.6 Å². The number of benzene rings is 2. The lowest BCUT2D eigenvalue weighted by molar-refractivity contribution is -0.137. The van der Waals surface area contributed by atoms with Crippen molar-refractivity contribution in [3.05, 3.63) is 65.2 Å². The summed E-state index contributed by atoms with van der Waals surface area (Å²) in [5, 5.41) is 13.5. The molecule has 0 aliphatic carbocycles. The second kappa shape index (κ2) is 11.0. The molecule has 1 aliphatic rings. The first kappa shape index (κ1) is 23.6. The first-order valence-corrected chi connectivity index (χ1v) is 10.8. The van der Waals surface area contributed by atoms with Crippen LogP contribution in [0.3, 0.4) is 0 Å². The number of hydrogen-bond acceptors (Lipinski definition) is 4. The molecule has 1 fully saturated rings. The molecule has 4 nitrogen and oxygen atoms in total. The van der Waals surface area contributed by atoms with Crippen molar-refractivity contribution < 1.29 is 23.0 Å². The quantitative estimate of drug-likeness (QED) is 0.578. The number of halogens is 3. The van der Waals surface area contributed by atoms with Crippen LogP contribution in [0, 0.1) is 0 Å². The average molecular weight is 437 g/mol. The third-order valence-electron chi connectivity index (χ3n) is 5.60. The van der Waals surface area contributed by atoms with Crippen LogP contribution in [0.25, 0.3) is 0 Å². The molecule has 0 radical (unpaired) electrons. The van der Waals surface area contributed by atoms with E-state index in [4.69, 9.17) is 4.74 Å². The van der Waals surface area contributed by atoms with Crippen LogP contribution in [0.1, 0.15) is 42.6 Å². The van der Waals surface area contributed by atoms with Gasteiger partial charge in [-0.25, -0.2) is 0 Å². The zero-order valence-electron chi connectivity index (χ0n) is 17.9. The number of aliphatic hydroxyl groups is 1. The molecule has 0 amide bonds. The van der Waals surface area contributed by atoms with Crippen molar-refractivity contribution in [1.82, 2.24) is 10.2 Å². The molecule has 0 saturated carbocycles. The Bertz CT molecular complexity index is 805. The molecule has 0 aromatic heterocycles. The molecule has 0 spiro atoms. The van der Waals surface area contributed by atoms with Gasteiger partial charge in [-0.1, -0.05) is 24.3 Å². The molecule has 1 heterocycles. The molecule has 31 heavy (non-hydrogen) atoms. The van der Waals surface area contributed by atoms with E-state index in [1.807, 2.05) is 31.2 Å². The molecule has 3 rings (SSSR count). The molecule has 2 unspecified atom stereocenters. The Morgan fingerprint density at radius 1 is 1.10 bits per heavy atom. The minimum atomic E-state index is -4.42. The van der Waals surface area contributed by atoms with Crippen molar-refractivity contribution >= 4 is 0 Å². The van der Waals surface area contributed by atoms with Crippen molar-refractivity contribution in [3.63, 3.8) is 0 Å². The van der Waals surface area contributed by atoms with Crippen molar-refractivity contribution in [3.8, 4) is 5.75 Å². The summed E-state index contributed by atoms with van der Waals surface area (Å²) in [6.45, 7) is 6.13. The highest BCUT2D eigenvalue weighted by Crippen LogP contribution is 2.30. The molecular weight excluding hydrogens is 405 g/mol. The van der Waals surface area contributed by atoms with Gasteiger partial charge in [-0.05, 0) is 74.7 Å². The molecule has 1 saturated heterocycles. The number of alkyl halides is 3. The first-order valence-electron chi connectivity index (χ1n) is 10.8. The van der Waals surface area contributed by atoms with Crippen LogP contribution >= 0.6 is 0 Å². The second-order valence-electron chi connectivity index (χ2n) is 8.19. The predicted octanol–water partition coefficient (Wildman–Crippen LogP) is 4.43. The molecule has 7 heteroatoms. The van der Waals surface area contributed by atoms with E-state index in [1.54, 1.807) is 0 Å². The van der Waals surface area contributed by atoms with Gasteiger partial charge in [0.05, 0.1) is 11.7 Å². The number of hydrogen-bond donors (Lipinski definition) is 2. The smallest absolute Gasteiger partial charge is 0.416 e. The lowest BCUT2D eigenvalue weighted by Crippen LogP contribution is -2.32. The maximum Gasteiger partial charge on any atom is 0.416 e. The lowest BCUT2D eigenvalue weighted by atomic mass is 10.0. The topological polar surface area (TPSA) is 44.7 Å². The van der Waals surface area contributed by atoms with Crippen LogP contribution in [0.2, 0.25) is 0 Å². The van der Waals surface area contributed by atoms with E-state index in [1.165, 1.54) is 25.0 Å². The summed E-state index contributed by atoms with van der Waals surface area (Å²) in [5.41, 5.74) is 0.630. The maximum absolute atomic E-state index is 12.8. The normalized spacial score (nSPS) is 16.9. The summed E-state index contributed by atoms with van der Waals surface area (Å²) >= 11 is 0. The van der Waals surface area contributed by atoms with E-state index in [-0.39, 0.29) is 18.2 Å². The molecule has 2 N–H and O–H groups in total. The van der Waals surface area contributed by atoms with Gasteiger partial charge in [0, 0.05) is 19.1 Å². The van der Waals surface area contributed by atoms with Crippen LogP contribution < -0.4 is 10.1 Å². The van der Waals surface area contributed by atoms with Crippen molar-refractivity contribution in [2.75, 3.05) is 32.8 Å². The summed E-state index contributed by atoms with van der Waals surface area (Å²) in [6.07, 6.45) is -2.13. The molecule has 2 aromatic rings. The molecule has 2 atom stereocenters. The minimum Gasteiger partial charge on any atom is -0.492 e. The average Bonchev–Trinajstić information content (AvgIpc) is 3.26. The number of aliphatic hydroxyl groups excluding tert-OH is 1. The van der Waals surface area contributed by atoms with Gasteiger partial charge in [0.1, 0.15) is 12.4 Å².